The van der Waals surface area contributed by atoms with Crippen molar-refractivity contribution in [2.45, 2.75) is 25.3 Å². The fraction of sp³-hybridized carbons (Fsp3) is 0.280. The van der Waals surface area contributed by atoms with E-state index in [-0.39, 0.29) is 17.9 Å². The van der Waals surface area contributed by atoms with Crippen molar-refractivity contribution in [2.24, 2.45) is 5.92 Å². The third kappa shape index (κ3) is 5.24. The number of amides is 2. The summed E-state index contributed by atoms with van der Waals surface area (Å²) in [5.74, 6) is -2.98. The number of pyridine rings is 1. The predicted molar refractivity (Wildman–Crippen MR) is 129 cm³/mol. The van der Waals surface area contributed by atoms with Gasteiger partial charge in [0.15, 0.2) is 5.82 Å². The number of rotatable bonds is 9. The van der Waals surface area contributed by atoms with Crippen molar-refractivity contribution >= 4 is 17.8 Å². The molecule has 3 aromatic rings. The summed E-state index contributed by atoms with van der Waals surface area (Å²) in [6.45, 7) is 1.31. The van der Waals surface area contributed by atoms with Crippen molar-refractivity contribution in [3.05, 3.63) is 76.1 Å². The number of aliphatic carboxylic acids is 1. The van der Waals surface area contributed by atoms with Crippen molar-refractivity contribution < 1.29 is 24.2 Å². The first kappa shape index (κ1) is 24.6. The number of methoxy groups -OCH3 is 1. The van der Waals surface area contributed by atoms with Crippen LogP contribution in [0.1, 0.15) is 46.3 Å². The van der Waals surface area contributed by atoms with E-state index in [9.17, 15) is 19.2 Å². The van der Waals surface area contributed by atoms with Crippen LogP contribution in [0.2, 0.25) is 0 Å². The second-order valence-corrected chi connectivity index (χ2v) is 8.63. The molecule has 0 saturated heterocycles. The van der Waals surface area contributed by atoms with E-state index in [1.807, 2.05) is 30.3 Å². The van der Waals surface area contributed by atoms with Crippen molar-refractivity contribution in [3.8, 4) is 17.0 Å². The first-order valence-corrected chi connectivity index (χ1v) is 11.3. The predicted octanol–water partition coefficient (Wildman–Crippen LogP) is 1.71. The second-order valence-electron chi connectivity index (χ2n) is 8.63. The van der Waals surface area contributed by atoms with Gasteiger partial charge >= 0.3 is 5.97 Å². The number of hydrogen-bond acceptors (Lipinski definition) is 7. The van der Waals surface area contributed by atoms with Crippen LogP contribution in [-0.2, 0) is 10.3 Å². The number of nitrogens with zero attached hydrogens (tertiary/aromatic N) is 2. The molecule has 1 atom stereocenters. The Balaban J connectivity index is 1.43. The Morgan fingerprint density at radius 3 is 2.31 bits per heavy atom. The number of aromatic nitrogens is 3. The summed E-state index contributed by atoms with van der Waals surface area (Å²) in [6.07, 6.45) is 4.20. The molecule has 2 amide bonds. The number of benzene rings is 1. The van der Waals surface area contributed by atoms with Gasteiger partial charge in [-0.3, -0.25) is 19.2 Å². The second kappa shape index (κ2) is 9.98. The lowest BCUT2D eigenvalue weighted by Crippen LogP contribution is -2.39. The Morgan fingerprint density at radius 1 is 1.06 bits per heavy atom. The molecule has 11 nitrogen and oxygen atoms in total. The lowest BCUT2D eigenvalue weighted by Gasteiger charge is -2.18. The number of carbonyl (C=O) groups is 3. The molecule has 1 saturated carbocycles. The van der Waals surface area contributed by atoms with Gasteiger partial charge in [0.1, 0.15) is 5.56 Å². The molecular formula is C25H25N5O6. The molecule has 2 aromatic heterocycles. The lowest BCUT2D eigenvalue weighted by atomic mass is 10.00. The largest absolute Gasteiger partial charge is 0.481 e. The van der Waals surface area contributed by atoms with Crippen molar-refractivity contribution in [3.63, 3.8) is 0 Å². The maximum absolute atomic E-state index is 12.9. The molecule has 1 aliphatic carbocycles. The number of H-pyrrole nitrogens is 1. The highest BCUT2D eigenvalue weighted by Gasteiger charge is 2.46. The van der Waals surface area contributed by atoms with Gasteiger partial charge in [-0.1, -0.05) is 31.2 Å². The van der Waals surface area contributed by atoms with Crippen LogP contribution in [0.25, 0.3) is 11.1 Å². The van der Waals surface area contributed by atoms with Gasteiger partial charge in [-0.05, 0) is 30.0 Å². The summed E-state index contributed by atoms with van der Waals surface area (Å²) in [6, 6.07) is 11.4. The Morgan fingerprint density at radius 2 is 1.75 bits per heavy atom. The summed E-state index contributed by atoms with van der Waals surface area (Å²) >= 11 is 0. The van der Waals surface area contributed by atoms with E-state index in [1.165, 1.54) is 6.92 Å². The standard InChI is InChI=1S/C25H25N5O6/c1-14(24(34)35)11-28-23(33)20-27-13-18(21(31)29-20)22(32)30-25(9-10-25)17-6-3-15(4-7-17)16-5-8-19(36-2)26-12-16/h3-8,12-14H,9-11H2,1-2H3,(H,28,33)(H,30,32)(H,34,35)(H,27,29,31)/t14-/m0/s1. The van der Waals surface area contributed by atoms with Gasteiger partial charge in [-0.25, -0.2) is 9.97 Å². The minimum absolute atomic E-state index is 0.129. The van der Waals surface area contributed by atoms with Crippen LogP contribution in [0.15, 0.2) is 53.6 Å². The van der Waals surface area contributed by atoms with Gasteiger partial charge in [-0.15, -0.1) is 0 Å². The fourth-order valence-corrected chi connectivity index (χ4v) is 3.64. The van der Waals surface area contributed by atoms with Crippen LogP contribution in [-0.4, -0.2) is 51.5 Å². The Hall–Kier alpha value is -4.54. The van der Waals surface area contributed by atoms with Crippen LogP contribution >= 0.6 is 0 Å². The van der Waals surface area contributed by atoms with Crippen LogP contribution in [0, 0.1) is 5.92 Å². The van der Waals surface area contributed by atoms with Crippen molar-refractivity contribution in [1.29, 1.82) is 0 Å². The number of ether oxygens (including phenoxy) is 1. The van der Waals surface area contributed by atoms with Gasteiger partial charge in [0.05, 0.1) is 18.6 Å². The van der Waals surface area contributed by atoms with E-state index in [0.29, 0.717) is 5.88 Å². The zero-order chi connectivity index (χ0) is 25.9. The monoisotopic (exact) mass is 491 g/mol. The summed E-state index contributed by atoms with van der Waals surface area (Å²) in [5, 5.41) is 14.2. The maximum atomic E-state index is 12.9. The van der Waals surface area contributed by atoms with E-state index >= 15 is 0 Å². The van der Waals surface area contributed by atoms with Gasteiger partial charge in [0, 0.05) is 30.6 Å². The topological polar surface area (TPSA) is 163 Å². The molecule has 0 bridgehead atoms. The highest BCUT2D eigenvalue weighted by molar-refractivity contribution is 5.95. The molecule has 0 radical (unpaired) electrons. The highest BCUT2D eigenvalue weighted by Crippen LogP contribution is 2.46. The highest BCUT2D eigenvalue weighted by atomic mass is 16.5. The van der Waals surface area contributed by atoms with Gasteiger partial charge in [0.2, 0.25) is 5.88 Å². The smallest absolute Gasteiger partial charge is 0.308 e. The number of nitrogens with one attached hydrogen (secondary N) is 3. The molecule has 0 aliphatic heterocycles. The number of hydrogen-bond donors (Lipinski definition) is 4. The fourth-order valence-electron chi connectivity index (χ4n) is 3.64. The molecular weight excluding hydrogens is 466 g/mol. The van der Waals surface area contributed by atoms with E-state index in [2.05, 4.69) is 25.6 Å². The number of carboxylic acids is 1. The number of carboxylic acid groups (broad SMARTS) is 1. The minimum atomic E-state index is -1.06. The van der Waals surface area contributed by atoms with Crippen LogP contribution < -0.4 is 20.9 Å². The normalized spacial score (nSPS) is 14.4. The minimum Gasteiger partial charge on any atom is -0.481 e. The summed E-state index contributed by atoms with van der Waals surface area (Å²) < 4.78 is 5.08. The Bertz CT molecular complexity index is 1350. The Labute approximate surface area is 206 Å². The molecule has 1 aliphatic rings. The molecule has 4 rings (SSSR count). The van der Waals surface area contributed by atoms with E-state index in [4.69, 9.17) is 9.84 Å². The summed E-state index contributed by atoms with van der Waals surface area (Å²) in [4.78, 5) is 58.7. The third-order valence-corrected chi connectivity index (χ3v) is 6.07. The van der Waals surface area contributed by atoms with Crippen LogP contribution in [0.5, 0.6) is 5.88 Å². The molecule has 0 unspecified atom stereocenters. The number of carbonyl (C=O) groups excluding carboxylic acids is 2. The third-order valence-electron chi connectivity index (χ3n) is 6.07. The zero-order valence-corrected chi connectivity index (χ0v) is 19.7. The van der Waals surface area contributed by atoms with Gasteiger partial charge in [0.25, 0.3) is 17.4 Å². The molecule has 2 heterocycles. The molecule has 36 heavy (non-hydrogen) atoms. The molecule has 11 heteroatoms. The van der Waals surface area contributed by atoms with Crippen molar-refractivity contribution in [1.82, 2.24) is 25.6 Å². The van der Waals surface area contributed by atoms with E-state index < -0.39 is 34.8 Å². The first-order chi connectivity index (χ1) is 17.2. The lowest BCUT2D eigenvalue weighted by molar-refractivity contribution is -0.140. The molecule has 0 spiro atoms. The summed E-state index contributed by atoms with van der Waals surface area (Å²) in [5.41, 5.74) is 1.23. The maximum Gasteiger partial charge on any atom is 0.308 e. The molecule has 186 valence electrons. The molecule has 1 fully saturated rings. The number of aromatic amines is 1. The quantitative estimate of drug-likeness (QED) is 0.351. The first-order valence-electron chi connectivity index (χ1n) is 11.3. The van der Waals surface area contributed by atoms with Crippen LogP contribution in [0.4, 0.5) is 0 Å². The van der Waals surface area contributed by atoms with E-state index in [1.54, 1.807) is 19.4 Å². The molecule has 4 N–H and O–H groups in total. The Kier molecular flexibility index (Phi) is 6.82. The average Bonchev–Trinajstić information content (AvgIpc) is 3.67. The summed E-state index contributed by atoms with van der Waals surface area (Å²) in [7, 11) is 1.56. The van der Waals surface area contributed by atoms with Crippen molar-refractivity contribution in [2.75, 3.05) is 13.7 Å². The van der Waals surface area contributed by atoms with E-state index in [0.717, 1.165) is 35.7 Å². The van der Waals surface area contributed by atoms with Gasteiger partial charge < -0.3 is 25.5 Å². The average molecular weight is 492 g/mol. The van der Waals surface area contributed by atoms with Gasteiger partial charge in [-0.2, -0.15) is 0 Å². The zero-order valence-electron chi connectivity index (χ0n) is 19.7. The SMILES string of the molecule is COc1ccc(-c2ccc(C3(NC(=O)c4cnc(C(=O)NC[C@H](C)C(=O)O)[nH]c4=O)CC3)cc2)cn1. The van der Waals surface area contributed by atoms with Crippen LogP contribution in [0.3, 0.4) is 0 Å². The molecule has 1 aromatic carbocycles.